The quantitative estimate of drug-likeness (QED) is 0.670. The van der Waals surface area contributed by atoms with Crippen LogP contribution < -0.4 is 11.1 Å². The van der Waals surface area contributed by atoms with Crippen molar-refractivity contribution < 1.29 is 9.90 Å². The molecule has 4 N–H and O–H groups in total. The van der Waals surface area contributed by atoms with Gasteiger partial charge in [-0.3, -0.25) is 0 Å². The number of pyridine rings is 1. The highest BCUT2D eigenvalue weighted by atomic mass is 16.4. The zero-order valence-electron chi connectivity index (χ0n) is 8.50. The predicted molar refractivity (Wildman–Crippen MR) is 57.2 cm³/mol. The number of carboxylic acids is 1. The molecule has 0 bridgehead atoms. The summed E-state index contributed by atoms with van der Waals surface area (Å²) in [7, 11) is 1.69. The Morgan fingerprint density at radius 1 is 1.53 bits per heavy atom. The minimum absolute atomic E-state index is 0.224. The fraction of sp³-hybridized carbons (Fsp3) is 0.400. The highest BCUT2D eigenvalue weighted by molar-refractivity contribution is 5.98. The Balaban J connectivity index is 2.69. The number of nitrogens with zero attached hydrogens (tertiary/aromatic N) is 1. The summed E-state index contributed by atoms with van der Waals surface area (Å²) >= 11 is 0. The van der Waals surface area contributed by atoms with Crippen LogP contribution in [0.3, 0.4) is 0 Å². The first-order valence-electron chi connectivity index (χ1n) is 4.87. The van der Waals surface area contributed by atoms with Gasteiger partial charge in [0, 0.05) is 12.7 Å². The van der Waals surface area contributed by atoms with Crippen molar-refractivity contribution in [3.63, 3.8) is 0 Å². The second kappa shape index (κ2) is 3.42. The second-order valence-electron chi connectivity index (χ2n) is 3.58. The molecule has 0 spiro atoms. The Morgan fingerprint density at radius 2 is 2.27 bits per heavy atom. The Hall–Kier alpha value is -1.78. The van der Waals surface area contributed by atoms with Gasteiger partial charge in [0.25, 0.3) is 0 Å². The van der Waals surface area contributed by atoms with Gasteiger partial charge in [-0.05, 0) is 24.8 Å². The van der Waals surface area contributed by atoms with Gasteiger partial charge in [0.05, 0.1) is 11.3 Å². The molecule has 1 aliphatic carbocycles. The van der Waals surface area contributed by atoms with Crippen molar-refractivity contribution in [1.29, 1.82) is 0 Å². The predicted octanol–water partition coefficient (Wildman–Crippen LogP) is 0.892. The van der Waals surface area contributed by atoms with Crippen molar-refractivity contribution in [2.24, 2.45) is 0 Å². The molecular weight excluding hydrogens is 194 g/mol. The maximum atomic E-state index is 11.1. The van der Waals surface area contributed by atoms with Gasteiger partial charge in [0.15, 0.2) is 0 Å². The van der Waals surface area contributed by atoms with Gasteiger partial charge >= 0.3 is 5.97 Å². The molecule has 0 aromatic carbocycles. The number of nitrogens with two attached hydrogens (primary N) is 1. The van der Waals surface area contributed by atoms with Crippen molar-refractivity contribution in [3.05, 3.63) is 16.8 Å². The van der Waals surface area contributed by atoms with Gasteiger partial charge in [-0.25, -0.2) is 9.78 Å². The van der Waals surface area contributed by atoms with Crippen LogP contribution in [0.4, 0.5) is 11.5 Å². The number of hydrogen-bond acceptors (Lipinski definition) is 4. The first-order valence-corrected chi connectivity index (χ1v) is 4.87. The van der Waals surface area contributed by atoms with Crippen LogP contribution in [-0.4, -0.2) is 23.1 Å². The fourth-order valence-electron chi connectivity index (χ4n) is 2.03. The van der Waals surface area contributed by atoms with Gasteiger partial charge < -0.3 is 16.2 Å². The zero-order valence-corrected chi connectivity index (χ0v) is 8.50. The number of fused-ring (bicyclic) bond motifs is 1. The van der Waals surface area contributed by atoms with Crippen LogP contribution in [0.1, 0.15) is 28.0 Å². The number of carbonyl (C=O) groups is 1. The second-order valence-corrected chi connectivity index (χ2v) is 3.58. The molecule has 0 unspecified atom stereocenters. The number of nitrogens with one attached hydrogen (secondary N) is 1. The molecule has 1 aromatic rings. The smallest absolute Gasteiger partial charge is 0.338 e. The molecular formula is C10H13N3O2. The summed E-state index contributed by atoms with van der Waals surface area (Å²) in [5.74, 6) is -0.502. The molecule has 0 amide bonds. The van der Waals surface area contributed by atoms with E-state index in [1.54, 1.807) is 7.05 Å². The minimum atomic E-state index is -0.968. The highest BCUT2D eigenvalue weighted by Crippen LogP contribution is 2.31. The minimum Gasteiger partial charge on any atom is -0.478 e. The molecule has 0 radical (unpaired) electrons. The number of aryl methyl sites for hydroxylation is 1. The van der Waals surface area contributed by atoms with Crippen molar-refractivity contribution >= 4 is 17.5 Å². The van der Waals surface area contributed by atoms with E-state index < -0.39 is 5.97 Å². The molecule has 80 valence electrons. The number of hydrogen-bond donors (Lipinski definition) is 3. The third kappa shape index (κ3) is 1.40. The Labute approximate surface area is 87.3 Å². The van der Waals surface area contributed by atoms with Gasteiger partial charge in [-0.2, -0.15) is 0 Å². The molecule has 15 heavy (non-hydrogen) atoms. The van der Waals surface area contributed by atoms with E-state index >= 15 is 0 Å². The van der Waals surface area contributed by atoms with E-state index in [9.17, 15) is 4.79 Å². The van der Waals surface area contributed by atoms with Crippen LogP contribution in [0, 0.1) is 0 Å². The molecule has 2 rings (SSSR count). The zero-order chi connectivity index (χ0) is 11.0. The molecule has 0 saturated carbocycles. The van der Waals surface area contributed by atoms with Crippen LogP contribution in [0.5, 0.6) is 0 Å². The summed E-state index contributed by atoms with van der Waals surface area (Å²) in [6.45, 7) is 0. The largest absolute Gasteiger partial charge is 0.478 e. The number of aromatic nitrogens is 1. The molecule has 0 saturated heterocycles. The average Bonchev–Trinajstić information content (AvgIpc) is 2.63. The van der Waals surface area contributed by atoms with Crippen LogP contribution >= 0.6 is 0 Å². The highest BCUT2D eigenvalue weighted by Gasteiger charge is 2.25. The number of nitrogen functional groups attached to an aromatic ring is 1. The first-order chi connectivity index (χ1) is 7.15. The summed E-state index contributed by atoms with van der Waals surface area (Å²) in [5, 5.41) is 11.9. The molecule has 1 heterocycles. The third-order valence-corrected chi connectivity index (χ3v) is 2.71. The van der Waals surface area contributed by atoms with E-state index in [-0.39, 0.29) is 11.3 Å². The standard InChI is InChI=1S/C10H13N3O2/c1-12-9-8(11)7(10(14)15)5-3-2-4-6(5)13-9/h2-4,11H2,1H3,(H,12,13)(H,14,15). The molecule has 5 nitrogen and oxygen atoms in total. The molecule has 0 aliphatic heterocycles. The van der Waals surface area contributed by atoms with E-state index in [1.807, 2.05) is 0 Å². The monoisotopic (exact) mass is 207 g/mol. The number of rotatable bonds is 2. The Bertz CT molecular complexity index is 428. The van der Waals surface area contributed by atoms with Crippen LogP contribution in [0.15, 0.2) is 0 Å². The van der Waals surface area contributed by atoms with Gasteiger partial charge in [-0.1, -0.05) is 0 Å². The van der Waals surface area contributed by atoms with Gasteiger partial charge in [0.2, 0.25) is 0 Å². The Morgan fingerprint density at radius 3 is 2.87 bits per heavy atom. The third-order valence-electron chi connectivity index (χ3n) is 2.71. The van der Waals surface area contributed by atoms with E-state index in [4.69, 9.17) is 10.8 Å². The van der Waals surface area contributed by atoms with E-state index in [0.717, 1.165) is 30.5 Å². The lowest BCUT2D eigenvalue weighted by molar-refractivity contribution is 0.0697. The SMILES string of the molecule is CNc1nc2c(c(C(=O)O)c1N)CCC2. The van der Waals surface area contributed by atoms with Crippen molar-refractivity contribution in [1.82, 2.24) is 4.98 Å². The lowest BCUT2D eigenvalue weighted by atomic mass is 10.1. The van der Waals surface area contributed by atoms with Gasteiger partial charge in [0.1, 0.15) is 5.82 Å². The molecule has 5 heteroatoms. The first kappa shape index (κ1) is 9.76. The molecule has 0 atom stereocenters. The molecule has 1 aliphatic rings. The maximum absolute atomic E-state index is 11.1. The van der Waals surface area contributed by atoms with Crippen LogP contribution in [0.2, 0.25) is 0 Å². The lowest BCUT2D eigenvalue weighted by Crippen LogP contribution is -2.12. The van der Waals surface area contributed by atoms with Crippen LogP contribution in [-0.2, 0) is 12.8 Å². The molecule has 1 aromatic heterocycles. The van der Waals surface area contributed by atoms with Crippen molar-refractivity contribution in [3.8, 4) is 0 Å². The summed E-state index contributed by atoms with van der Waals surface area (Å²) in [6.07, 6.45) is 2.55. The summed E-state index contributed by atoms with van der Waals surface area (Å²) < 4.78 is 0. The number of anilines is 2. The van der Waals surface area contributed by atoms with E-state index in [1.165, 1.54) is 0 Å². The summed E-state index contributed by atoms with van der Waals surface area (Å²) in [5.41, 5.74) is 7.90. The van der Waals surface area contributed by atoms with E-state index in [2.05, 4.69) is 10.3 Å². The van der Waals surface area contributed by atoms with Crippen molar-refractivity contribution in [2.75, 3.05) is 18.1 Å². The average molecular weight is 207 g/mol. The summed E-state index contributed by atoms with van der Waals surface area (Å²) in [6, 6.07) is 0. The topological polar surface area (TPSA) is 88.2 Å². The van der Waals surface area contributed by atoms with Crippen LogP contribution in [0.25, 0.3) is 0 Å². The summed E-state index contributed by atoms with van der Waals surface area (Å²) in [4.78, 5) is 15.4. The van der Waals surface area contributed by atoms with E-state index in [0.29, 0.717) is 5.82 Å². The van der Waals surface area contributed by atoms with Gasteiger partial charge in [-0.15, -0.1) is 0 Å². The number of carboxylic acid groups (broad SMARTS) is 1. The number of aromatic carboxylic acids is 1. The normalized spacial score (nSPS) is 13.7. The van der Waals surface area contributed by atoms with Crippen molar-refractivity contribution in [2.45, 2.75) is 19.3 Å². The molecule has 0 fully saturated rings. The Kier molecular flexibility index (Phi) is 2.22. The lowest BCUT2D eigenvalue weighted by Gasteiger charge is -2.11. The maximum Gasteiger partial charge on any atom is 0.338 e. The fourth-order valence-corrected chi connectivity index (χ4v) is 2.03.